The van der Waals surface area contributed by atoms with Crippen LogP contribution in [0.3, 0.4) is 0 Å². The van der Waals surface area contributed by atoms with Gasteiger partial charge in [-0.05, 0) is 73.2 Å². The van der Waals surface area contributed by atoms with Crippen molar-refractivity contribution in [2.24, 2.45) is 0 Å². The summed E-state index contributed by atoms with van der Waals surface area (Å²) < 4.78 is 0. The van der Waals surface area contributed by atoms with Crippen LogP contribution in [0.5, 0.6) is 0 Å². The summed E-state index contributed by atoms with van der Waals surface area (Å²) in [7, 11) is 0. The van der Waals surface area contributed by atoms with Gasteiger partial charge in [0.2, 0.25) is 0 Å². The van der Waals surface area contributed by atoms with Gasteiger partial charge >= 0.3 is 0 Å². The van der Waals surface area contributed by atoms with E-state index in [0.717, 1.165) is 13.1 Å². The normalized spacial score (nSPS) is 10.8. The molecule has 0 fully saturated rings. The second kappa shape index (κ2) is 6.71. The molecule has 2 rings (SSSR count). The molecule has 1 heteroatoms. The first-order chi connectivity index (χ1) is 9.63. The Balaban J connectivity index is 2.35. The van der Waals surface area contributed by atoms with Gasteiger partial charge < -0.3 is 5.32 Å². The molecule has 0 amide bonds. The summed E-state index contributed by atoms with van der Waals surface area (Å²) in [6.45, 7) is 10.8. The van der Waals surface area contributed by atoms with Gasteiger partial charge in [-0.3, -0.25) is 0 Å². The minimum absolute atomic E-state index is 0.950. The number of rotatable bonds is 5. The number of nitrogens with one attached hydrogen (secondary N) is 1. The summed E-state index contributed by atoms with van der Waals surface area (Å²) in [5, 5.41) is 3.48. The third-order valence-corrected chi connectivity index (χ3v) is 3.95. The fraction of sp³-hybridized carbons (Fsp3) is 0.368. The van der Waals surface area contributed by atoms with Crippen LogP contribution in [0.4, 0.5) is 0 Å². The first kappa shape index (κ1) is 14.8. The number of aryl methyl sites for hydroxylation is 2. The van der Waals surface area contributed by atoms with E-state index in [1.54, 1.807) is 0 Å². The van der Waals surface area contributed by atoms with Crippen molar-refractivity contribution in [1.82, 2.24) is 5.32 Å². The Morgan fingerprint density at radius 3 is 2.45 bits per heavy atom. The molecule has 0 radical (unpaired) electrons. The fourth-order valence-corrected chi connectivity index (χ4v) is 2.52. The highest BCUT2D eigenvalue weighted by Gasteiger charge is 2.07. The van der Waals surface area contributed by atoms with Gasteiger partial charge in [-0.2, -0.15) is 0 Å². The van der Waals surface area contributed by atoms with Gasteiger partial charge in [0, 0.05) is 6.54 Å². The van der Waals surface area contributed by atoms with Crippen LogP contribution >= 0.6 is 0 Å². The van der Waals surface area contributed by atoms with Crippen LogP contribution in [0.15, 0.2) is 36.4 Å². The van der Waals surface area contributed by atoms with E-state index in [-0.39, 0.29) is 0 Å². The first-order valence-corrected chi connectivity index (χ1v) is 7.50. The molecule has 106 valence electrons. The zero-order chi connectivity index (χ0) is 14.5. The Morgan fingerprint density at radius 2 is 1.70 bits per heavy atom. The number of benzene rings is 2. The Kier molecular flexibility index (Phi) is 4.97. The van der Waals surface area contributed by atoms with Gasteiger partial charge in [0.05, 0.1) is 0 Å². The van der Waals surface area contributed by atoms with Crippen LogP contribution in [-0.4, -0.2) is 6.54 Å². The Hall–Kier alpha value is -1.60. The van der Waals surface area contributed by atoms with E-state index in [0.29, 0.717) is 0 Å². The largest absolute Gasteiger partial charge is 0.313 e. The second-order valence-electron chi connectivity index (χ2n) is 5.57. The zero-order valence-electron chi connectivity index (χ0n) is 13.1. The van der Waals surface area contributed by atoms with Crippen molar-refractivity contribution in [2.45, 2.75) is 40.7 Å². The predicted molar refractivity (Wildman–Crippen MR) is 88.1 cm³/mol. The lowest BCUT2D eigenvalue weighted by atomic mass is 9.93. The molecule has 0 unspecified atom stereocenters. The van der Waals surface area contributed by atoms with Crippen molar-refractivity contribution in [3.05, 3.63) is 58.7 Å². The highest BCUT2D eigenvalue weighted by molar-refractivity contribution is 5.72. The molecule has 2 aromatic carbocycles. The summed E-state index contributed by atoms with van der Waals surface area (Å²) in [4.78, 5) is 0. The summed E-state index contributed by atoms with van der Waals surface area (Å²) in [5.41, 5.74) is 8.17. The van der Waals surface area contributed by atoms with Crippen molar-refractivity contribution in [2.75, 3.05) is 6.54 Å². The molecule has 0 atom stereocenters. The molecule has 0 aromatic heterocycles. The summed E-state index contributed by atoms with van der Waals surface area (Å²) in [6, 6.07) is 13.4. The van der Waals surface area contributed by atoms with Crippen LogP contribution in [0.25, 0.3) is 11.1 Å². The van der Waals surface area contributed by atoms with Gasteiger partial charge in [0.25, 0.3) is 0 Å². The average molecular weight is 267 g/mol. The van der Waals surface area contributed by atoms with Crippen molar-refractivity contribution in [3.8, 4) is 11.1 Å². The summed E-state index contributed by atoms with van der Waals surface area (Å²) in [6.07, 6.45) is 1.18. The molecule has 1 nitrogen and oxygen atoms in total. The van der Waals surface area contributed by atoms with Crippen molar-refractivity contribution < 1.29 is 0 Å². The third-order valence-electron chi connectivity index (χ3n) is 3.95. The lowest BCUT2D eigenvalue weighted by molar-refractivity contribution is 0.675. The topological polar surface area (TPSA) is 12.0 Å². The molecule has 0 aliphatic rings. The highest BCUT2D eigenvalue weighted by Crippen LogP contribution is 2.29. The van der Waals surface area contributed by atoms with Crippen LogP contribution in [0, 0.1) is 20.8 Å². The average Bonchev–Trinajstić information content (AvgIpc) is 2.44. The fourth-order valence-electron chi connectivity index (χ4n) is 2.52. The molecule has 0 spiro atoms. The molecule has 0 heterocycles. The van der Waals surface area contributed by atoms with E-state index in [1.807, 2.05) is 0 Å². The van der Waals surface area contributed by atoms with Gasteiger partial charge in [0.1, 0.15) is 0 Å². The Bertz CT molecular complexity index is 584. The Labute approximate surface area is 123 Å². The van der Waals surface area contributed by atoms with Crippen LogP contribution in [0.2, 0.25) is 0 Å². The quantitative estimate of drug-likeness (QED) is 0.769. The van der Waals surface area contributed by atoms with Gasteiger partial charge in [-0.1, -0.05) is 37.3 Å². The minimum Gasteiger partial charge on any atom is -0.313 e. The molecule has 20 heavy (non-hydrogen) atoms. The smallest absolute Gasteiger partial charge is 0.0205 e. The van der Waals surface area contributed by atoms with E-state index in [4.69, 9.17) is 0 Å². The van der Waals surface area contributed by atoms with E-state index >= 15 is 0 Å². The van der Waals surface area contributed by atoms with Crippen molar-refractivity contribution in [1.29, 1.82) is 0 Å². The van der Waals surface area contributed by atoms with Crippen LogP contribution in [0.1, 0.15) is 35.6 Å². The maximum atomic E-state index is 3.48. The maximum absolute atomic E-state index is 3.48. The van der Waals surface area contributed by atoms with Crippen molar-refractivity contribution >= 4 is 0 Å². The summed E-state index contributed by atoms with van der Waals surface area (Å²) >= 11 is 0. The molecule has 0 aliphatic heterocycles. The number of hydrogen-bond acceptors (Lipinski definition) is 1. The molecular formula is C19H25N. The van der Waals surface area contributed by atoms with Crippen LogP contribution in [-0.2, 0) is 6.54 Å². The van der Waals surface area contributed by atoms with Gasteiger partial charge in [-0.25, -0.2) is 0 Å². The monoisotopic (exact) mass is 267 g/mol. The zero-order valence-corrected chi connectivity index (χ0v) is 13.1. The first-order valence-electron chi connectivity index (χ1n) is 7.50. The van der Waals surface area contributed by atoms with Crippen molar-refractivity contribution in [3.63, 3.8) is 0 Å². The molecular weight excluding hydrogens is 242 g/mol. The predicted octanol–water partition coefficient (Wildman–Crippen LogP) is 4.78. The molecule has 0 saturated heterocycles. The van der Waals surface area contributed by atoms with E-state index in [1.165, 1.54) is 39.8 Å². The lowest BCUT2D eigenvalue weighted by Crippen LogP contribution is -2.13. The molecule has 2 aromatic rings. The molecule has 0 bridgehead atoms. The SMILES string of the molecule is CCCNCc1ccc(C)c(-c2cccc(C)c2C)c1. The minimum atomic E-state index is 0.950. The van der Waals surface area contributed by atoms with E-state index < -0.39 is 0 Å². The van der Waals surface area contributed by atoms with Gasteiger partial charge in [0.15, 0.2) is 0 Å². The number of hydrogen-bond donors (Lipinski definition) is 1. The van der Waals surface area contributed by atoms with Crippen LogP contribution < -0.4 is 5.32 Å². The second-order valence-corrected chi connectivity index (χ2v) is 5.57. The Morgan fingerprint density at radius 1 is 0.900 bits per heavy atom. The molecule has 0 saturated carbocycles. The van der Waals surface area contributed by atoms with Gasteiger partial charge in [-0.15, -0.1) is 0 Å². The van der Waals surface area contributed by atoms with E-state index in [2.05, 4.69) is 69.4 Å². The molecule has 1 N–H and O–H groups in total. The molecule has 0 aliphatic carbocycles. The third kappa shape index (κ3) is 3.29. The van der Waals surface area contributed by atoms with E-state index in [9.17, 15) is 0 Å². The summed E-state index contributed by atoms with van der Waals surface area (Å²) in [5.74, 6) is 0. The maximum Gasteiger partial charge on any atom is 0.0205 e. The lowest BCUT2D eigenvalue weighted by Gasteiger charge is -2.13. The highest BCUT2D eigenvalue weighted by atomic mass is 14.8. The standard InChI is InChI=1S/C19H25N/c1-5-11-20-13-17-10-9-15(3)19(12-17)18-8-6-7-14(2)16(18)4/h6-10,12,20H,5,11,13H2,1-4H3.